The predicted octanol–water partition coefficient (Wildman–Crippen LogP) is 3.47. The lowest BCUT2D eigenvalue weighted by molar-refractivity contribution is -0.124. The van der Waals surface area contributed by atoms with Crippen LogP contribution in [-0.4, -0.2) is 60.6 Å². The highest BCUT2D eigenvalue weighted by molar-refractivity contribution is 6.00. The summed E-state index contributed by atoms with van der Waals surface area (Å²) in [4.78, 5) is 38.4. The Bertz CT molecular complexity index is 856. The molecule has 3 aliphatic rings. The van der Waals surface area contributed by atoms with Gasteiger partial charge in [0.2, 0.25) is 0 Å². The third-order valence-corrected chi connectivity index (χ3v) is 6.58. The average Bonchev–Trinajstić information content (AvgIpc) is 2.78. The molecule has 2 aliphatic heterocycles. The molecule has 2 fully saturated rings. The molecule has 1 spiro atoms. The van der Waals surface area contributed by atoms with Crippen molar-refractivity contribution in [3.63, 3.8) is 0 Å². The summed E-state index contributed by atoms with van der Waals surface area (Å²) in [6.45, 7) is 3.14. The molecule has 174 valence electrons. The number of likely N-dealkylation sites (tertiary alicyclic amines) is 1. The van der Waals surface area contributed by atoms with E-state index in [1.54, 1.807) is 30.0 Å². The minimum Gasteiger partial charge on any atom is -0.486 e. The number of Topliss-reactive ketones (excluding diaryl/α,β-unsaturated/α-hetero) is 1. The molecule has 1 aliphatic carbocycles. The predicted molar refractivity (Wildman–Crippen MR) is 117 cm³/mol. The number of ketones is 1. The summed E-state index contributed by atoms with van der Waals surface area (Å²) in [5, 5.41) is 2.97. The zero-order chi connectivity index (χ0) is 22.6. The lowest BCUT2D eigenvalue weighted by Crippen LogP contribution is -2.47. The van der Waals surface area contributed by atoms with Crippen LogP contribution in [0.2, 0.25) is 0 Å². The number of hydrogen-bond donors (Lipinski definition) is 1. The largest absolute Gasteiger partial charge is 0.486 e. The topological polar surface area (TPSA) is 94.2 Å². The number of benzene rings is 1. The molecule has 1 aromatic rings. The fourth-order valence-electron chi connectivity index (χ4n) is 4.88. The van der Waals surface area contributed by atoms with Crippen LogP contribution >= 0.6 is 0 Å². The van der Waals surface area contributed by atoms with Gasteiger partial charge in [0.1, 0.15) is 17.1 Å². The SMILES string of the molecule is CCOC(=O)N1CCC(NC(=O)COc2ccc3c(c2)OC2(CCCCC2)CC3=O)CC1. The van der Waals surface area contributed by atoms with Crippen molar-refractivity contribution in [2.45, 2.75) is 69.9 Å². The monoisotopic (exact) mass is 444 g/mol. The number of nitrogens with zero attached hydrogens (tertiary/aromatic N) is 1. The Morgan fingerprint density at radius 1 is 1.19 bits per heavy atom. The van der Waals surface area contributed by atoms with Gasteiger partial charge in [-0.25, -0.2) is 4.79 Å². The highest BCUT2D eigenvalue weighted by atomic mass is 16.6. The van der Waals surface area contributed by atoms with Crippen LogP contribution in [0.3, 0.4) is 0 Å². The zero-order valence-electron chi connectivity index (χ0n) is 18.7. The lowest BCUT2D eigenvalue weighted by atomic mass is 9.78. The van der Waals surface area contributed by atoms with Crippen molar-refractivity contribution >= 4 is 17.8 Å². The van der Waals surface area contributed by atoms with Crippen LogP contribution in [0.1, 0.15) is 68.6 Å². The molecular weight excluding hydrogens is 412 g/mol. The van der Waals surface area contributed by atoms with Crippen molar-refractivity contribution in [2.24, 2.45) is 0 Å². The van der Waals surface area contributed by atoms with Crippen LogP contribution in [0, 0.1) is 0 Å². The Morgan fingerprint density at radius 2 is 1.94 bits per heavy atom. The van der Waals surface area contributed by atoms with E-state index in [0.717, 1.165) is 25.7 Å². The van der Waals surface area contributed by atoms with E-state index in [2.05, 4.69) is 5.32 Å². The number of ether oxygens (including phenoxy) is 3. The molecule has 1 N–H and O–H groups in total. The Morgan fingerprint density at radius 3 is 2.66 bits per heavy atom. The number of rotatable bonds is 5. The number of amides is 2. The van der Waals surface area contributed by atoms with Crippen molar-refractivity contribution in [1.82, 2.24) is 10.2 Å². The fraction of sp³-hybridized carbons (Fsp3) is 0.625. The molecule has 0 atom stereocenters. The van der Waals surface area contributed by atoms with Crippen molar-refractivity contribution in [1.29, 1.82) is 0 Å². The van der Waals surface area contributed by atoms with Gasteiger partial charge in [0.25, 0.3) is 5.91 Å². The second-order valence-corrected chi connectivity index (χ2v) is 8.92. The fourth-order valence-corrected chi connectivity index (χ4v) is 4.88. The first-order valence-electron chi connectivity index (χ1n) is 11.7. The summed E-state index contributed by atoms with van der Waals surface area (Å²) in [5.74, 6) is 0.980. The van der Waals surface area contributed by atoms with Gasteiger partial charge in [-0.2, -0.15) is 0 Å². The van der Waals surface area contributed by atoms with E-state index in [9.17, 15) is 14.4 Å². The smallest absolute Gasteiger partial charge is 0.409 e. The normalized spacial score (nSPS) is 20.3. The first-order valence-corrected chi connectivity index (χ1v) is 11.7. The maximum atomic E-state index is 12.6. The molecule has 32 heavy (non-hydrogen) atoms. The number of carbonyl (C=O) groups excluding carboxylic acids is 3. The van der Waals surface area contributed by atoms with Gasteiger partial charge in [-0.15, -0.1) is 0 Å². The first kappa shape index (κ1) is 22.4. The highest BCUT2D eigenvalue weighted by Gasteiger charge is 2.41. The van der Waals surface area contributed by atoms with Gasteiger partial charge in [0, 0.05) is 25.2 Å². The van der Waals surface area contributed by atoms with E-state index in [1.807, 2.05) is 0 Å². The van der Waals surface area contributed by atoms with Gasteiger partial charge in [-0.1, -0.05) is 6.42 Å². The minimum absolute atomic E-state index is 0.00687. The quantitative estimate of drug-likeness (QED) is 0.747. The van der Waals surface area contributed by atoms with E-state index < -0.39 is 0 Å². The molecule has 2 heterocycles. The Labute approximate surface area is 188 Å². The third kappa shape index (κ3) is 5.16. The number of nitrogens with one attached hydrogen (secondary N) is 1. The minimum atomic E-state index is -0.378. The summed E-state index contributed by atoms with van der Waals surface area (Å²) >= 11 is 0. The number of hydrogen-bond acceptors (Lipinski definition) is 6. The van der Waals surface area contributed by atoms with Gasteiger partial charge in [0.15, 0.2) is 12.4 Å². The van der Waals surface area contributed by atoms with Crippen LogP contribution in [0.15, 0.2) is 18.2 Å². The summed E-state index contributed by atoms with van der Waals surface area (Å²) < 4.78 is 17.0. The molecule has 0 unspecified atom stereocenters. The summed E-state index contributed by atoms with van der Waals surface area (Å²) in [5.41, 5.74) is 0.211. The summed E-state index contributed by atoms with van der Waals surface area (Å²) in [6, 6.07) is 5.18. The molecule has 0 aromatic heterocycles. The molecule has 1 saturated carbocycles. The van der Waals surface area contributed by atoms with Crippen molar-refractivity contribution in [2.75, 3.05) is 26.3 Å². The van der Waals surface area contributed by atoms with Crippen molar-refractivity contribution in [3.8, 4) is 11.5 Å². The molecule has 8 heteroatoms. The molecular formula is C24H32N2O6. The molecule has 8 nitrogen and oxygen atoms in total. The molecule has 2 amide bonds. The highest BCUT2D eigenvalue weighted by Crippen LogP contribution is 2.42. The second-order valence-electron chi connectivity index (χ2n) is 8.92. The van der Waals surface area contributed by atoms with E-state index in [0.29, 0.717) is 56.0 Å². The zero-order valence-corrected chi connectivity index (χ0v) is 18.7. The molecule has 4 rings (SSSR count). The Balaban J connectivity index is 1.27. The van der Waals surface area contributed by atoms with Gasteiger partial charge >= 0.3 is 6.09 Å². The second kappa shape index (κ2) is 9.79. The third-order valence-electron chi connectivity index (χ3n) is 6.58. The van der Waals surface area contributed by atoms with Gasteiger partial charge < -0.3 is 24.4 Å². The first-order chi connectivity index (χ1) is 15.5. The van der Waals surface area contributed by atoms with Crippen LogP contribution in [0.4, 0.5) is 4.79 Å². The van der Waals surface area contributed by atoms with E-state index in [4.69, 9.17) is 14.2 Å². The van der Waals surface area contributed by atoms with E-state index in [1.165, 1.54) is 6.42 Å². The van der Waals surface area contributed by atoms with Crippen molar-refractivity contribution in [3.05, 3.63) is 23.8 Å². The maximum absolute atomic E-state index is 12.6. The number of carbonyl (C=O) groups is 3. The standard InChI is InChI=1S/C24H32N2O6/c1-2-30-23(29)26-12-8-17(9-13-26)25-22(28)16-31-18-6-7-19-20(27)15-24(32-21(19)14-18)10-4-3-5-11-24/h6-7,14,17H,2-5,8-13,15-16H2,1H3,(H,25,28). The Kier molecular flexibility index (Phi) is 6.86. The van der Waals surface area contributed by atoms with Gasteiger partial charge in [-0.3, -0.25) is 9.59 Å². The van der Waals surface area contributed by atoms with E-state index in [-0.39, 0.29) is 36.0 Å². The molecule has 1 saturated heterocycles. The summed E-state index contributed by atoms with van der Waals surface area (Å²) in [7, 11) is 0. The number of piperidine rings is 1. The van der Waals surface area contributed by atoms with Crippen LogP contribution in [-0.2, 0) is 9.53 Å². The molecule has 1 aromatic carbocycles. The van der Waals surface area contributed by atoms with Gasteiger partial charge in [-0.05, 0) is 57.6 Å². The van der Waals surface area contributed by atoms with Crippen LogP contribution < -0.4 is 14.8 Å². The van der Waals surface area contributed by atoms with Crippen LogP contribution in [0.25, 0.3) is 0 Å². The Hall–Kier alpha value is -2.77. The van der Waals surface area contributed by atoms with Crippen LogP contribution in [0.5, 0.6) is 11.5 Å². The lowest BCUT2D eigenvalue weighted by Gasteiger charge is -2.40. The van der Waals surface area contributed by atoms with Gasteiger partial charge in [0.05, 0.1) is 18.6 Å². The number of fused-ring (bicyclic) bond motifs is 1. The van der Waals surface area contributed by atoms with Crippen molar-refractivity contribution < 1.29 is 28.6 Å². The molecule has 0 bridgehead atoms. The van der Waals surface area contributed by atoms with E-state index >= 15 is 0 Å². The average molecular weight is 445 g/mol. The molecule has 0 radical (unpaired) electrons. The summed E-state index contributed by atoms with van der Waals surface area (Å²) in [6.07, 6.45) is 6.66. The maximum Gasteiger partial charge on any atom is 0.409 e.